The lowest BCUT2D eigenvalue weighted by molar-refractivity contribution is -0.139. The maximum atomic E-state index is 12.2. The Labute approximate surface area is 162 Å². The van der Waals surface area contributed by atoms with Crippen LogP contribution >= 0.6 is 23.5 Å². The second kappa shape index (κ2) is 9.04. The number of aliphatic carboxylic acids is 1. The van der Waals surface area contributed by atoms with Gasteiger partial charge in [-0.1, -0.05) is 25.0 Å². The van der Waals surface area contributed by atoms with Crippen LogP contribution in [0.25, 0.3) is 0 Å². The number of hydrogen-bond donors (Lipinski definition) is 2. The molecule has 1 aliphatic heterocycles. The number of amides is 1. The molecule has 2 N–H and O–H groups in total. The van der Waals surface area contributed by atoms with Crippen LogP contribution in [0.5, 0.6) is 5.75 Å². The summed E-state index contributed by atoms with van der Waals surface area (Å²) in [6, 6.07) is 7.93. The Morgan fingerprint density at radius 2 is 1.77 bits per heavy atom. The SMILES string of the molecule is O=C(O)CC1(NC(=O)COc2ccc(C3SCCCS3)cc2)CCCC1. The molecule has 0 bridgehead atoms. The van der Waals surface area contributed by atoms with Crippen molar-refractivity contribution in [1.29, 1.82) is 0 Å². The third-order valence-electron chi connectivity index (χ3n) is 4.80. The van der Waals surface area contributed by atoms with E-state index in [9.17, 15) is 9.59 Å². The molecule has 0 unspecified atom stereocenters. The molecule has 1 aliphatic carbocycles. The minimum Gasteiger partial charge on any atom is -0.484 e. The van der Waals surface area contributed by atoms with E-state index in [-0.39, 0.29) is 18.9 Å². The Balaban J connectivity index is 1.50. The standard InChI is InChI=1S/C19H25NO4S2/c21-16(20-19(12-17(22)23)8-1-2-9-19)13-24-15-6-4-14(5-7-15)18-25-10-3-11-26-18/h4-7,18H,1-3,8-13H2,(H,20,21)(H,22,23). The van der Waals surface area contributed by atoms with Gasteiger partial charge < -0.3 is 15.2 Å². The minimum absolute atomic E-state index is 0.0237. The fraction of sp³-hybridized carbons (Fsp3) is 0.579. The van der Waals surface area contributed by atoms with E-state index < -0.39 is 11.5 Å². The molecular formula is C19H25NO4S2. The van der Waals surface area contributed by atoms with Gasteiger partial charge in [-0.15, -0.1) is 23.5 Å². The molecular weight excluding hydrogens is 370 g/mol. The lowest BCUT2D eigenvalue weighted by atomic mass is 9.93. The molecule has 1 amide bonds. The van der Waals surface area contributed by atoms with Crippen molar-refractivity contribution >= 4 is 35.4 Å². The summed E-state index contributed by atoms with van der Waals surface area (Å²) in [5.74, 6) is 1.94. The number of carboxylic acids is 1. The molecule has 0 radical (unpaired) electrons. The van der Waals surface area contributed by atoms with Crippen LogP contribution in [-0.4, -0.2) is 40.6 Å². The summed E-state index contributed by atoms with van der Waals surface area (Å²) < 4.78 is 6.08. The minimum atomic E-state index is -0.873. The van der Waals surface area contributed by atoms with E-state index in [0.29, 0.717) is 10.3 Å². The van der Waals surface area contributed by atoms with Crippen LogP contribution in [0.4, 0.5) is 0 Å². The van der Waals surface area contributed by atoms with E-state index in [1.165, 1.54) is 23.5 Å². The highest BCUT2D eigenvalue weighted by Crippen LogP contribution is 2.43. The molecule has 0 atom stereocenters. The summed E-state index contributed by atoms with van der Waals surface area (Å²) in [6.07, 6.45) is 4.59. The number of rotatable bonds is 7. The van der Waals surface area contributed by atoms with Gasteiger partial charge in [0.1, 0.15) is 5.75 Å². The smallest absolute Gasteiger partial charge is 0.305 e. The van der Waals surface area contributed by atoms with Crippen LogP contribution in [0.1, 0.15) is 48.7 Å². The maximum Gasteiger partial charge on any atom is 0.305 e. The highest BCUT2D eigenvalue weighted by atomic mass is 32.2. The number of benzene rings is 1. The molecule has 1 heterocycles. The van der Waals surface area contributed by atoms with Crippen molar-refractivity contribution in [2.24, 2.45) is 0 Å². The summed E-state index contributed by atoms with van der Waals surface area (Å²) >= 11 is 3.95. The van der Waals surface area contributed by atoms with Gasteiger partial charge >= 0.3 is 5.97 Å². The van der Waals surface area contributed by atoms with Crippen molar-refractivity contribution in [3.05, 3.63) is 29.8 Å². The van der Waals surface area contributed by atoms with Crippen LogP contribution in [-0.2, 0) is 9.59 Å². The van der Waals surface area contributed by atoms with Gasteiger partial charge in [-0.3, -0.25) is 9.59 Å². The number of carboxylic acid groups (broad SMARTS) is 1. The summed E-state index contributed by atoms with van der Waals surface area (Å²) in [5.41, 5.74) is 0.675. The van der Waals surface area contributed by atoms with Crippen LogP contribution in [0.15, 0.2) is 24.3 Å². The Morgan fingerprint density at radius 3 is 2.38 bits per heavy atom. The zero-order valence-electron chi connectivity index (χ0n) is 14.7. The van der Waals surface area contributed by atoms with Crippen molar-refractivity contribution in [3.8, 4) is 5.75 Å². The van der Waals surface area contributed by atoms with Crippen molar-refractivity contribution < 1.29 is 19.4 Å². The molecule has 2 fully saturated rings. The lowest BCUT2D eigenvalue weighted by Crippen LogP contribution is -2.49. The Kier molecular flexibility index (Phi) is 6.75. The monoisotopic (exact) mass is 395 g/mol. The second-order valence-electron chi connectivity index (χ2n) is 6.89. The first-order valence-corrected chi connectivity index (χ1v) is 11.1. The van der Waals surface area contributed by atoms with Gasteiger partial charge in [-0.05, 0) is 48.5 Å². The molecule has 1 saturated heterocycles. The van der Waals surface area contributed by atoms with Gasteiger partial charge in [-0.25, -0.2) is 0 Å². The lowest BCUT2D eigenvalue weighted by Gasteiger charge is -2.28. The first-order chi connectivity index (χ1) is 12.6. The van der Waals surface area contributed by atoms with Gasteiger partial charge in [0.15, 0.2) is 6.61 Å². The molecule has 1 saturated carbocycles. The largest absolute Gasteiger partial charge is 0.484 e. The molecule has 26 heavy (non-hydrogen) atoms. The molecule has 0 spiro atoms. The number of thioether (sulfide) groups is 2. The molecule has 142 valence electrons. The van der Waals surface area contributed by atoms with E-state index in [2.05, 4.69) is 17.4 Å². The predicted octanol–water partition coefficient (Wildman–Crippen LogP) is 3.84. The Morgan fingerprint density at radius 1 is 1.12 bits per heavy atom. The van der Waals surface area contributed by atoms with E-state index in [0.717, 1.165) is 25.7 Å². The summed E-state index contributed by atoms with van der Waals surface area (Å²) in [4.78, 5) is 23.3. The zero-order chi connectivity index (χ0) is 18.4. The first kappa shape index (κ1) is 19.4. The fourth-order valence-corrected chi connectivity index (χ4v) is 6.46. The van der Waals surface area contributed by atoms with Gasteiger partial charge in [0.25, 0.3) is 5.91 Å². The quantitative estimate of drug-likeness (QED) is 0.731. The average molecular weight is 396 g/mol. The maximum absolute atomic E-state index is 12.2. The molecule has 5 nitrogen and oxygen atoms in total. The number of nitrogens with one attached hydrogen (secondary N) is 1. The molecule has 2 aliphatic rings. The van der Waals surface area contributed by atoms with E-state index in [1.54, 1.807) is 0 Å². The average Bonchev–Trinajstić information content (AvgIpc) is 3.08. The Hall–Kier alpha value is -1.34. The van der Waals surface area contributed by atoms with Crippen molar-refractivity contribution in [1.82, 2.24) is 5.32 Å². The molecule has 1 aromatic carbocycles. The normalized spacial score (nSPS) is 19.8. The van der Waals surface area contributed by atoms with Crippen molar-refractivity contribution in [2.45, 2.75) is 48.6 Å². The summed E-state index contributed by atoms with van der Waals surface area (Å²) in [6.45, 7) is -0.0896. The number of carbonyl (C=O) groups is 2. The number of hydrogen-bond acceptors (Lipinski definition) is 5. The first-order valence-electron chi connectivity index (χ1n) is 9.05. The summed E-state index contributed by atoms with van der Waals surface area (Å²) in [5, 5.41) is 12.0. The van der Waals surface area contributed by atoms with Crippen LogP contribution < -0.4 is 10.1 Å². The van der Waals surface area contributed by atoms with E-state index in [4.69, 9.17) is 9.84 Å². The van der Waals surface area contributed by atoms with Gasteiger partial charge in [-0.2, -0.15) is 0 Å². The van der Waals surface area contributed by atoms with Gasteiger partial charge in [0.2, 0.25) is 0 Å². The third-order valence-corrected chi connectivity index (χ3v) is 7.82. The summed E-state index contributed by atoms with van der Waals surface area (Å²) in [7, 11) is 0. The van der Waals surface area contributed by atoms with Crippen LogP contribution in [0.3, 0.4) is 0 Å². The second-order valence-corrected chi connectivity index (χ2v) is 9.62. The Bertz CT molecular complexity index is 623. The number of ether oxygens (including phenoxy) is 1. The van der Waals surface area contributed by atoms with E-state index >= 15 is 0 Å². The topological polar surface area (TPSA) is 75.6 Å². The molecule has 3 rings (SSSR count). The van der Waals surface area contributed by atoms with Gasteiger partial charge in [0.05, 0.1) is 16.5 Å². The third kappa shape index (κ3) is 5.33. The van der Waals surface area contributed by atoms with Crippen LogP contribution in [0, 0.1) is 0 Å². The van der Waals surface area contributed by atoms with Gasteiger partial charge in [0, 0.05) is 0 Å². The van der Waals surface area contributed by atoms with Crippen LogP contribution in [0.2, 0.25) is 0 Å². The zero-order valence-corrected chi connectivity index (χ0v) is 16.4. The highest BCUT2D eigenvalue weighted by molar-refractivity contribution is 8.16. The fourth-order valence-electron chi connectivity index (χ4n) is 3.57. The molecule has 7 heteroatoms. The molecule has 0 aromatic heterocycles. The van der Waals surface area contributed by atoms with Crippen molar-refractivity contribution in [3.63, 3.8) is 0 Å². The number of carbonyl (C=O) groups excluding carboxylic acids is 1. The van der Waals surface area contributed by atoms with Crippen molar-refractivity contribution in [2.75, 3.05) is 18.1 Å². The predicted molar refractivity (Wildman–Crippen MR) is 106 cm³/mol. The molecule has 1 aromatic rings. The highest BCUT2D eigenvalue weighted by Gasteiger charge is 2.37. The van der Waals surface area contributed by atoms with E-state index in [1.807, 2.05) is 35.7 Å².